The summed E-state index contributed by atoms with van der Waals surface area (Å²) in [5.74, 6) is 0.623. The molecule has 0 unspecified atom stereocenters. The molecule has 0 saturated carbocycles. The number of rotatable bonds is 3. The van der Waals surface area contributed by atoms with E-state index in [1.165, 1.54) is 22.6 Å². The van der Waals surface area contributed by atoms with Gasteiger partial charge in [-0.3, -0.25) is 0 Å². The van der Waals surface area contributed by atoms with Crippen LogP contribution in [-0.2, 0) is 0 Å². The van der Waals surface area contributed by atoms with E-state index < -0.39 is 6.09 Å². The van der Waals surface area contributed by atoms with Gasteiger partial charge < -0.3 is 14.8 Å². The van der Waals surface area contributed by atoms with Crippen LogP contribution in [0.1, 0.15) is 0 Å². The molecule has 0 fully saturated rings. The number of H-pyrrole nitrogens is 1. The summed E-state index contributed by atoms with van der Waals surface area (Å²) < 4.78 is 5.24. The van der Waals surface area contributed by atoms with Gasteiger partial charge in [-0.15, -0.1) is 11.3 Å². The van der Waals surface area contributed by atoms with Crippen LogP contribution in [0.5, 0.6) is 5.75 Å². The number of amides is 1. The van der Waals surface area contributed by atoms with E-state index in [1.54, 1.807) is 31.4 Å². The lowest BCUT2D eigenvalue weighted by Crippen LogP contribution is -2.22. The Morgan fingerprint density at radius 3 is 2.95 bits per heavy atom. The van der Waals surface area contributed by atoms with Gasteiger partial charge in [0.2, 0.25) is 0 Å². The van der Waals surface area contributed by atoms with Gasteiger partial charge in [-0.1, -0.05) is 0 Å². The molecule has 7 heteroatoms. The molecule has 20 heavy (non-hydrogen) atoms. The van der Waals surface area contributed by atoms with Crippen LogP contribution >= 0.6 is 11.3 Å². The summed E-state index contributed by atoms with van der Waals surface area (Å²) in [5.41, 5.74) is 1.73. The Labute approximate surface area is 118 Å². The van der Waals surface area contributed by atoms with Crippen LogP contribution in [0.4, 0.5) is 15.5 Å². The second-order valence-electron chi connectivity index (χ2n) is 3.98. The highest BCUT2D eigenvalue weighted by Crippen LogP contribution is 2.36. The molecule has 0 radical (unpaired) electrons. The Morgan fingerprint density at radius 1 is 1.45 bits per heavy atom. The van der Waals surface area contributed by atoms with Crippen LogP contribution < -0.4 is 9.64 Å². The first-order valence-electron chi connectivity index (χ1n) is 5.79. The number of aromatic nitrogens is 2. The van der Waals surface area contributed by atoms with E-state index in [4.69, 9.17) is 4.74 Å². The first kappa shape index (κ1) is 12.5. The van der Waals surface area contributed by atoms with Gasteiger partial charge in [0.25, 0.3) is 0 Å². The van der Waals surface area contributed by atoms with Gasteiger partial charge in [-0.25, -0.2) is 14.7 Å². The van der Waals surface area contributed by atoms with Gasteiger partial charge in [0.1, 0.15) is 21.8 Å². The summed E-state index contributed by atoms with van der Waals surface area (Å²) in [6.07, 6.45) is 0.465. The highest BCUT2D eigenvalue weighted by molar-refractivity contribution is 7.14. The molecule has 2 heterocycles. The number of nitrogens with one attached hydrogen (secondary N) is 1. The third-order valence-corrected chi connectivity index (χ3v) is 3.75. The summed E-state index contributed by atoms with van der Waals surface area (Å²) in [7, 11) is 1.56. The summed E-state index contributed by atoms with van der Waals surface area (Å²) in [4.78, 5) is 20.0. The fourth-order valence-corrected chi connectivity index (χ4v) is 2.79. The molecule has 102 valence electrons. The summed E-state index contributed by atoms with van der Waals surface area (Å²) in [5, 5.41) is 11.9. The lowest BCUT2D eigenvalue weighted by molar-refractivity contribution is 0.205. The number of hydrogen-bond acceptors (Lipinski definition) is 4. The molecule has 0 aliphatic rings. The lowest BCUT2D eigenvalue weighted by Gasteiger charge is -2.18. The van der Waals surface area contributed by atoms with Crippen LogP contribution in [0.2, 0.25) is 0 Å². The van der Waals surface area contributed by atoms with E-state index in [2.05, 4.69) is 9.97 Å². The van der Waals surface area contributed by atoms with Gasteiger partial charge in [-0.2, -0.15) is 0 Å². The number of aromatic amines is 1. The number of fused-ring (bicyclic) bond motifs is 1. The van der Waals surface area contributed by atoms with Crippen molar-refractivity contribution in [2.75, 3.05) is 12.0 Å². The van der Waals surface area contributed by atoms with Crippen molar-refractivity contribution in [1.82, 2.24) is 9.97 Å². The number of carboxylic acid groups (broad SMARTS) is 1. The molecule has 3 rings (SSSR count). The van der Waals surface area contributed by atoms with Crippen LogP contribution in [0.15, 0.2) is 36.0 Å². The van der Waals surface area contributed by atoms with Crippen LogP contribution in [0.25, 0.3) is 11.0 Å². The highest BCUT2D eigenvalue weighted by Gasteiger charge is 2.22. The summed E-state index contributed by atoms with van der Waals surface area (Å²) in [6.45, 7) is 0. The number of methoxy groups -OCH3 is 1. The number of imidazole rings is 1. The average Bonchev–Trinajstić information content (AvgIpc) is 3.09. The molecule has 0 bridgehead atoms. The second-order valence-corrected chi connectivity index (χ2v) is 4.91. The number of nitrogens with zero attached hydrogens (tertiary/aromatic N) is 2. The highest BCUT2D eigenvalue weighted by atomic mass is 32.1. The minimum atomic E-state index is -1.05. The molecular weight excluding hydrogens is 278 g/mol. The largest absolute Gasteiger partial charge is 0.494 e. The molecule has 0 aliphatic heterocycles. The molecule has 3 aromatic rings. The molecule has 6 nitrogen and oxygen atoms in total. The topological polar surface area (TPSA) is 78.4 Å². The molecule has 0 atom stereocenters. The minimum absolute atomic E-state index is 0.497. The quantitative estimate of drug-likeness (QED) is 0.774. The van der Waals surface area contributed by atoms with Crippen molar-refractivity contribution < 1.29 is 14.6 Å². The van der Waals surface area contributed by atoms with E-state index in [9.17, 15) is 9.90 Å². The first-order valence-corrected chi connectivity index (χ1v) is 6.67. The Balaban J connectivity index is 2.22. The minimum Gasteiger partial charge on any atom is -0.494 e. The van der Waals surface area contributed by atoms with Gasteiger partial charge in [0, 0.05) is 0 Å². The van der Waals surface area contributed by atoms with Crippen molar-refractivity contribution in [2.45, 2.75) is 0 Å². The van der Waals surface area contributed by atoms with Gasteiger partial charge >= 0.3 is 6.09 Å². The van der Waals surface area contributed by atoms with Crippen molar-refractivity contribution in [1.29, 1.82) is 0 Å². The van der Waals surface area contributed by atoms with Crippen molar-refractivity contribution in [3.05, 3.63) is 36.0 Å². The zero-order valence-corrected chi connectivity index (χ0v) is 11.3. The maximum atomic E-state index is 11.6. The smallest absolute Gasteiger partial charge is 0.417 e. The normalized spacial score (nSPS) is 10.7. The Bertz CT molecular complexity index is 751. The maximum absolute atomic E-state index is 11.6. The molecular formula is C13H11N3O3S. The Hall–Kier alpha value is -2.54. The van der Waals surface area contributed by atoms with E-state index in [0.29, 0.717) is 27.5 Å². The monoisotopic (exact) mass is 289 g/mol. The predicted molar refractivity (Wildman–Crippen MR) is 77.1 cm³/mol. The number of anilines is 2. The van der Waals surface area contributed by atoms with Crippen LogP contribution in [0.3, 0.4) is 0 Å². The predicted octanol–water partition coefficient (Wildman–Crippen LogP) is 3.45. The third kappa shape index (κ3) is 1.88. The second kappa shape index (κ2) is 4.86. The fourth-order valence-electron chi connectivity index (χ4n) is 2.06. The summed E-state index contributed by atoms with van der Waals surface area (Å²) in [6, 6.07) is 6.97. The number of hydrogen-bond donors (Lipinski definition) is 2. The SMILES string of the molecule is COc1ccc(N(C(=O)O)c2cccs2)c2nc[nH]c12. The van der Waals surface area contributed by atoms with Crippen LogP contribution in [0, 0.1) is 0 Å². The molecule has 0 aliphatic carbocycles. The average molecular weight is 289 g/mol. The number of ether oxygens (including phenoxy) is 1. The zero-order chi connectivity index (χ0) is 14.1. The third-order valence-electron chi connectivity index (χ3n) is 2.90. The van der Waals surface area contributed by atoms with Crippen molar-refractivity contribution >= 4 is 39.2 Å². The number of thiophene rings is 1. The van der Waals surface area contributed by atoms with E-state index in [-0.39, 0.29) is 0 Å². The molecule has 2 N–H and O–H groups in total. The molecule has 0 spiro atoms. The summed E-state index contributed by atoms with van der Waals surface area (Å²) >= 11 is 1.35. The number of benzene rings is 1. The van der Waals surface area contributed by atoms with Gasteiger partial charge in [0.15, 0.2) is 0 Å². The van der Waals surface area contributed by atoms with Crippen molar-refractivity contribution in [3.63, 3.8) is 0 Å². The van der Waals surface area contributed by atoms with Crippen molar-refractivity contribution in [2.24, 2.45) is 0 Å². The van der Waals surface area contributed by atoms with E-state index in [1.807, 2.05) is 5.38 Å². The Kier molecular flexibility index (Phi) is 3.03. The van der Waals surface area contributed by atoms with Crippen LogP contribution in [-0.4, -0.2) is 28.3 Å². The zero-order valence-electron chi connectivity index (χ0n) is 10.5. The van der Waals surface area contributed by atoms with Gasteiger partial charge in [-0.05, 0) is 29.6 Å². The number of carbonyl (C=O) groups is 1. The molecule has 1 aromatic carbocycles. The first-order chi connectivity index (χ1) is 9.72. The Morgan fingerprint density at radius 2 is 2.30 bits per heavy atom. The maximum Gasteiger partial charge on any atom is 0.417 e. The lowest BCUT2D eigenvalue weighted by atomic mass is 10.2. The van der Waals surface area contributed by atoms with E-state index >= 15 is 0 Å². The fraction of sp³-hybridized carbons (Fsp3) is 0.0769. The van der Waals surface area contributed by atoms with E-state index in [0.717, 1.165) is 0 Å². The van der Waals surface area contributed by atoms with Gasteiger partial charge in [0.05, 0.1) is 19.1 Å². The standard InChI is InChI=1S/C13H11N3O3S/c1-19-9-5-4-8(11-12(9)15-7-14-11)16(13(17)18)10-3-2-6-20-10/h2-7H,1H3,(H,14,15)(H,17,18). The van der Waals surface area contributed by atoms with Crippen molar-refractivity contribution in [3.8, 4) is 5.75 Å². The molecule has 1 amide bonds. The molecule has 0 saturated heterocycles. The molecule has 2 aromatic heterocycles.